The fourth-order valence-corrected chi connectivity index (χ4v) is 7.59. The Morgan fingerprint density at radius 3 is 1.56 bits per heavy atom. The van der Waals surface area contributed by atoms with Crippen LogP contribution in [0, 0.1) is 11.8 Å². The Kier molecular flexibility index (Phi) is 33.2. The van der Waals surface area contributed by atoms with Crippen LogP contribution in [-0.2, 0) is 14.3 Å². The number of carbonyl (C=O) groups excluding carboxylic acids is 1. The van der Waals surface area contributed by atoms with Gasteiger partial charge in [0.2, 0.25) is 0 Å². The second-order valence-electron chi connectivity index (χ2n) is 16.8. The fourth-order valence-electron chi connectivity index (χ4n) is 7.59. The number of ketones is 1. The largest absolute Gasteiger partial charge is 0.394 e. The van der Waals surface area contributed by atoms with Crippen molar-refractivity contribution in [1.82, 2.24) is 0 Å². The standard InChI is InChI=1S/C46H88O9/c1-4-6-7-8-9-10-11-12-13-14-15-16-17-18-21-25-28-31-34-40(49)42(50)38(36-54-46-45(53)44(52)43(51)41(35-47)55-46)39(48)33-30-27-24-22-19-20-23-26-29-32-37(3)5-2/h30,33,37-41,43-49,51-53H,4-29,31-32,34-36H2,1-3H3/b33-30+/t37?,38-,39+,40+,41+,43-,44-,45+,46+/m0/s1. The molecule has 9 nitrogen and oxygen atoms in total. The zero-order chi connectivity index (χ0) is 40.5. The van der Waals surface area contributed by atoms with E-state index in [2.05, 4.69) is 20.8 Å². The third-order valence-electron chi connectivity index (χ3n) is 11.8. The van der Waals surface area contributed by atoms with Gasteiger partial charge in [0, 0.05) is 0 Å². The van der Waals surface area contributed by atoms with Gasteiger partial charge in [-0.05, 0) is 25.2 Å². The summed E-state index contributed by atoms with van der Waals surface area (Å²) < 4.78 is 11.1. The first-order chi connectivity index (χ1) is 26.7. The molecular weight excluding hydrogens is 696 g/mol. The summed E-state index contributed by atoms with van der Waals surface area (Å²) in [6.07, 6.45) is 28.3. The summed E-state index contributed by atoms with van der Waals surface area (Å²) >= 11 is 0. The topological polar surface area (TPSA) is 157 Å². The number of aliphatic hydroxyl groups is 6. The molecule has 1 unspecified atom stereocenters. The van der Waals surface area contributed by atoms with Crippen molar-refractivity contribution >= 4 is 5.78 Å². The van der Waals surface area contributed by atoms with Crippen molar-refractivity contribution in [3.8, 4) is 0 Å². The van der Waals surface area contributed by atoms with Gasteiger partial charge < -0.3 is 40.1 Å². The molecule has 1 heterocycles. The first-order valence-corrected chi connectivity index (χ1v) is 23.2. The molecule has 0 radical (unpaired) electrons. The molecule has 9 heteroatoms. The Labute approximate surface area is 337 Å². The fraction of sp³-hybridized carbons (Fsp3) is 0.935. The van der Waals surface area contributed by atoms with Crippen LogP contribution in [0.1, 0.15) is 207 Å². The molecule has 55 heavy (non-hydrogen) atoms. The number of rotatable bonds is 38. The summed E-state index contributed by atoms with van der Waals surface area (Å²) in [6.45, 7) is 5.86. The third kappa shape index (κ3) is 25.2. The molecule has 0 aromatic heterocycles. The van der Waals surface area contributed by atoms with Crippen molar-refractivity contribution < 1.29 is 44.9 Å². The second-order valence-corrected chi connectivity index (χ2v) is 16.8. The van der Waals surface area contributed by atoms with E-state index >= 15 is 0 Å². The van der Waals surface area contributed by atoms with Gasteiger partial charge in [-0.3, -0.25) is 4.79 Å². The van der Waals surface area contributed by atoms with E-state index in [1.54, 1.807) is 6.08 Å². The van der Waals surface area contributed by atoms with Crippen LogP contribution in [0.2, 0.25) is 0 Å². The first kappa shape index (κ1) is 52.1. The quantitative estimate of drug-likeness (QED) is 0.0265. The summed E-state index contributed by atoms with van der Waals surface area (Å²) in [5.74, 6) is -0.843. The van der Waals surface area contributed by atoms with Crippen LogP contribution in [0.4, 0.5) is 0 Å². The summed E-state index contributed by atoms with van der Waals surface area (Å²) in [6, 6.07) is 0. The predicted molar refractivity (Wildman–Crippen MR) is 224 cm³/mol. The van der Waals surface area contributed by atoms with E-state index in [1.165, 1.54) is 135 Å². The molecule has 1 saturated heterocycles. The van der Waals surface area contributed by atoms with Crippen molar-refractivity contribution in [2.75, 3.05) is 13.2 Å². The molecular formula is C46H88O9. The van der Waals surface area contributed by atoms with Gasteiger partial charge in [0.1, 0.15) is 30.5 Å². The van der Waals surface area contributed by atoms with Crippen LogP contribution in [0.5, 0.6) is 0 Å². The van der Waals surface area contributed by atoms with E-state index in [-0.39, 0.29) is 6.61 Å². The molecule has 1 fully saturated rings. The van der Waals surface area contributed by atoms with Crippen molar-refractivity contribution in [1.29, 1.82) is 0 Å². The van der Waals surface area contributed by atoms with E-state index < -0.39 is 61.2 Å². The summed E-state index contributed by atoms with van der Waals surface area (Å²) in [5.41, 5.74) is 0. The Morgan fingerprint density at radius 2 is 1.09 bits per heavy atom. The van der Waals surface area contributed by atoms with Crippen LogP contribution < -0.4 is 0 Å². The van der Waals surface area contributed by atoms with Crippen molar-refractivity contribution in [3.05, 3.63) is 12.2 Å². The van der Waals surface area contributed by atoms with Crippen LogP contribution in [0.25, 0.3) is 0 Å². The number of hydrogen-bond acceptors (Lipinski definition) is 9. The molecule has 6 N–H and O–H groups in total. The van der Waals surface area contributed by atoms with E-state index in [0.29, 0.717) is 12.8 Å². The molecule has 326 valence electrons. The van der Waals surface area contributed by atoms with Gasteiger partial charge in [-0.15, -0.1) is 0 Å². The minimum absolute atomic E-state index is 0.294. The lowest BCUT2D eigenvalue weighted by atomic mass is 9.91. The Hall–Kier alpha value is -0.910. The molecule has 0 spiro atoms. The highest BCUT2D eigenvalue weighted by Gasteiger charge is 2.44. The number of aliphatic hydroxyl groups excluding tert-OH is 6. The van der Waals surface area contributed by atoms with Gasteiger partial charge in [-0.25, -0.2) is 0 Å². The number of unbranched alkanes of at least 4 members (excludes halogenated alkanes) is 24. The molecule has 9 atom stereocenters. The average molecular weight is 785 g/mol. The number of hydrogen-bond donors (Lipinski definition) is 6. The number of allylic oxidation sites excluding steroid dienone is 1. The third-order valence-corrected chi connectivity index (χ3v) is 11.8. The molecule has 0 amide bonds. The summed E-state index contributed by atoms with van der Waals surface area (Å²) in [5, 5.41) is 62.2. The number of Topliss-reactive ketones (excluding diaryl/α,β-unsaturated/α-hetero) is 1. The lowest BCUT2D eigenvalue weighted by Crippen LogP contribution is -2.59. The van der Waals surface area contributed by atoms with Crippen LogP contribution in [-0.4, -0.2) is 92.5 Å². The van der Waals surface area contributed by atoms with Crippen LogP contribution >= 0.6 is 0 Å². The van der Waals surface area contributed by atoms with E-state index in [9.17, 15) is 35.4 Å². The molecule has 1 aliphatic heterocycles. The normalized spacial score (nSPS) is 22.6. The summed E-state index contributed by atoms with van der Waals surface area (Å²) in [4.78, 5) is 13.5. The zero-order valence-electron chi connectivity index (χ0n) is 35.7. The molecule has 0 aliphatic carbocycles. The maximum Gasteiger partial charge on any atom is 0.186 e. The highest BCUT2D eigenvalue weighted by Crippen LogP contribution is 2.24. The van der Waals surface area contributed by atoms with E-state index in [1.807, 2.05) is 6.08 Å². The summed E-state index contributed by atoms with van der Waals surface area (Å²) in [7, 11) is 0. The molecule has 1 rings (SSSR count). The van der Waals surface area contributed by atoms with Crippen molar-refractivity contribution in [2.24, 2.45) is 11.8 Å². The lowest BCUT2D eigenvalue weighted by molar-refractivity contribution is -0.303. The maximum atomic E-state index is 13.5. The minimum atomic E-state index is -1.62. The first-order valence-electron chi connectivity index (χ1n) is 23.2. The minimum Gasteiger partial charge on any atom is -0.394 e. The molecule has 1 aliphatic rings. The van der Waals surface area contributed by atoms with Crippen LogP contribution in [0.3, 0.4) is 0 Å². The molecule has 0 aromatic carbocycles. The van der Waals surface area contributed by atoms with Gasteiger partial charge in [-0.1, -0.05) is 200 Å². The Balaban J connectivity index is 2.42. The van der Waals surface area contributed by atoms with Crippen molar-refractivity contribution in [3.63, 3.8) is 0 Å². The zero-order valence-corrected chi connectivity index (χ0v) is 35.7. The highest BCUT2D eigenvalue weighted by molar-refractivity contribution is 5.86. The maximum absolute atomic E-state index is 13.5. The molecule has 0 bridgehead atoms. The molecule has 0 saturated carbocycles. The second kappa shape index (κ2) is 35.1. The number of ether oxygens (including phenoxy) is 2. The average Bonchev–Trinajstić information content (AvgIpc) is 3.18. The SMILES string of the molecule is CCCCCCCCCCCCCCCCCCCC[C@@H](O)C(=O)[C@@H](CO[C@@H]1O[C@H](CO)[C@H](O)[C@H](O)[C@H]1O)[C@H](O)/C=C/CCCCCCCCCC(C)CC. The van der Waals surface area contributed by atoms with E-state index in [0.717, 1.165) is 44.4 Å². The number of carbonyl (C=O) groups is 1. The highest BCUT2D eigenvalue weighted by atomic mass is 16.7. The Morgan fingerprint density at radius 1 is 0.636 bits per heavy atom. The van der Waals surface area contributed by atoms with Gasteiger partial charge >= 0.3 is 0 Å². The predicted octanol–water partition coefficient (Wildman–Crippen LogP) is 9.26. The van der Waals surface area contributed by atoms with Gasteiger partial charge in [-0.2, -0.15) is 0 Å². The van der Waals surface area contributed by atoms with Gasteiger partial charge in [0.25, 0.3) is 0 Å². The van der Waals surface area contributed by atoms with Gasteiger partial charge in [0.05, 0.1) is 25.2 Å². The van der Waals surface area contributed by atoms with Crippen molar-refractivity contribution in [2.45, 2.75) is 250 Å². The molecule has 0 aromatic rings. The Bertz CT molecular complexity index is 899. The smallest absolute Gasteiger partial charge is 0.186 e. The monoisotopic (exact) mass is 785 g/mol. The van der Waals surface area contributed by atoms with E-state index in [4.69, 9.17) is 9.47 Å². The van der Waals surface area contributed by atoms with Gasteiger partial charge in [0.15, 0.2) is 12.1 Å². The lowest BCUT2D eigenvalue weighted by Gasteiger charge is -2.40. The van der Waals surface area contributed by atoms with Crippen LogP contribution in [0.15, 0.2) is 12.2 Å².